The minimum Gasteiger partial charge on any atom is -0.493 e. The zero-order valence-corrected chi connectivity index (χ0v) is 18.0. The van der Waals surface area contributed by atoms with Crippen LogP contribution in [0.5, 0.6) is 11.5 Å². The number of nitrogens with zero attached hydrogens (tertiary/aromatic N) is 1. The van der Waals surface area contributed by atoms with Crippen molar-refractivity contribution in [3.8, 4) is 11.5 Å². The predicted molar refractivity (Wildman–Crippen MR) is 112 cm³/mol. The normalized spacial score (nSPS) is 15.0. The molecule has 1 saturated heterocycles. The van der Waals surface area contributed by atoms with Crippen molar-refractivity contribution in [3.05, 3.63) is 62.7 Å². The lowest BCUT2D eigenvalue weighted by atomic mass is 10.1. The average Bonchev–Trinajstić information content (AvgIpc) is 2.95. The van der Waals surface area contributed by atoms with Gasteiger partial charge in [-0.15, -0.1) is 0 Å². The van der Waals surface area contributed by atoms with Gasteiger partial charge in [0.1, 0.15) is 5.82 Å². The van der Waals surface area contributed by atoms with Gasteiger partial charge in [-0.05, 0) is 69.2 Å². The maximum atomic E-state index is 13.1. The highest BCUT2D eigenvalue weighted by atomic mass is 79.9. The van der Waals surface area contributed by atoms with Crippen LogP contribution in [-0.2, 0) is 16.1 Å². The van der Waals surface area contributed by atoms with Crippen molar-refractivity contribution in [2.75, 3.05) is 13.7 Å². The van der Waals surface area contributed by atoms with E-state index in [-0.39, 0.29) is 22.9 Å². The largest absolute Gasteiger partial charge is 0.493 e. The van der Waals surface area contributed by atoms with Crippen LogP contribution in [-0.4, -0.2) is 40.8 Å². The standard InChI is InChI=1S/C20H15BrFNO6S/c1-28-15-7-12(6-14(21)18(15)29-10-17(24)25)8-16-19(26)23(20(27)30-16)9-11-2-4-13(22)5-3-11/h2-8H,9-10H2,1H3,(H,24,25). The Bertz CT molecular complexity index is 1040. The molecular formula is C20H15BrFNO6S. The van der Waals surface area contributed by atoms with Gasteiger partial charge >= 0.3 is 5.97 Å². The second-order valence-corrected chi connectivity index (χ2v) is 7.96. The molecule has 30 heavy (non-hydrogen) atoms. The molecule has 2 amide bonds. The number of hydrogen-bond donors (Lipinski definition) is 1. The number of aliphatic carboxylic acids is 1. The summed E-state index contributed by atoms with van der Waals surface area (Å²) in [5.41, 5.74) is 1.18. The van der Waals surface area contributed by atoms with Crippen LogP contribution in [0.4, 0.5) is 9.18 Å². The molecule has 3 rings (SSSR count). The zero-order chi connectivity index (χ0) is 21.8. The van der Waals surface area contributed by atoms with Gasteiger partial charge in [-0.1, -0.05) is 12.1 Å². The Morgan fingerprint density at radius 1 is 1.27 bits per heavy atom. The highest BCUT2D eigenvalue weighted by molar-refractivity contribution is 9.10. The lowest BCUT2D eigenvalue weighted by Crippen LogP contribution is -2.27. The van der Waals surface area contributed by atoms with Gasteiger partial charge < -0.3 is 14.6 Å². The summed E-state index contributed by atoms with van der Waals surface area (Å²) in [5.74, 6) is -1.52. The predicted octanol–water partition coefficient (Wildman–Crippen LogP) is 4.30. The van der Waals surface area contributed by atoms with E-state index in [2.05, 4.69) is 15.9 Å². The molecule has 2 aromatic carbocycles. The molecule has 0 unspecified atom stereocenters. The number of amides is 2. The third-order valence-electron chi connectivity index (χ3n) is 4.02. The van der Waals surface area contributed by atoms with Crippen LogP contribution in [0.25, 0.3) is 6.08 Å². The van der Waals surface area contributed by atoms with E-state index in [1.165, 1.54) is 37.5 Å². The number of benzene rings is 2. The Morgan fingerprint density at radius 3 is 2.60 bits per heavy atom. The number of carbonyl (C=O) groups is 3. The Hall–Kier alpha value is -2.85. The van der Waals surface area contributed by atoms with Gasteiger partial charge in [0, 0.05) is 0 Å². The van der Waals surface area contributed by atoms with E-state index in [0.29, 0.717) is 15.6 Å². The van der Waals surface area contributed by atoms with Gasteiger partial charge in [-0.3, -0.25) is 14.5 Å². The Morgan fingerprint density at radius 2 is 1.97 bits per heavy atom. The van der Waals surface area contributed by atoms with Gasteiger partial charge in [0.05, 0.1) is 23.0 Å². The highest BCUT2D eigenvalue weighted by Crippen LogP contribution is 2.39. The molecule has 156 valence electrons. The summed E-state index contributed by atoms with van der Waals surface area (Å²) in [4.78, 5) is 37.0. The molecule has 0 atom stereocenters. The minimum atomic E-state index is -1.14. The summed E-state index contributed by atoms with van der Waals surface area (Å²) in [6, 6.07) is 8.74. The number of thioether (sulfide) groups is 1. The van der Waals surface area contributed by atoms with Gasteiger partial charge in [-0.25, -0.2) is 9.18 Å². The Kier molecular flexibility index (Phi) is 6.78. The van der Waals surface area contributed by atoms with Crippen LogP contribution in [0.2, 0.25) is 0 Å². The molecule has 0 aliphatic carbocycles. The number of ether oxygens (including phenoxy) is 2. The van der Waals surface area contributed by atoms with Crippen molar-refractivity contribution >= 4 is 50.9 Å². The molecule has 1 fully saturated rings. The highest BCUT2D eigenvalue weighted by Gasteiger charge is 2.35. The number of hydrogen-bond acceptors (Lipinski definition) is 6. The van der Waals surface area contributed by atoms with Crippen LogP contribution in [0.1, 0.15) is 11.1 Å². The molecule has 0 spiro atoms. The van der Waals surface area contributed by atoms with Crippen LogP contribution >= 0.6 is 27.7 Å². The SMILES string of the molecule is COc1cc(C=C2SC(=O)N(Cc3ccc(F)cc3)C2=O)cc(Br)c1OCC(=O)O. The maximum Gasteiger partial charge on any atom is 0.341 e. The van der Waals surface area contributed by atoms with E-state index < -0.39 is 29.5 Å². The number of rotatable bonds is 7. The topological polar surface area (TPSA) is 93.1 Å². The Balaban J connectivity index is 1.83. The molecule has 2 aromatic rings. The fourth-order valence-corrected chi connectivity index (χ4v) is 4.07. The van der Waals surface area contributed by atoms with Crippen LogP contribution in [0.3, 0.4) is 0 Å². The molecule has 0 saturated carbocycles. The van der Waals surface area contributed by atoms with E-state index in [1.54, 1.807) is 12.1 Å². The van der Waals surface area contributed by atoms with Crippen LogP contribution < -0.4 is 9.47 Å². The van der Waals surface area contributed by atoms with E-state index in [9.17, 15) is 18.8 Å². The fourth-order valence-electron chi connectivity index (χ4n) is 2.66. The average molecular weight is 496 g/mol. The van der Waals surface area contributed by atoms with E-state index >= 15 is 0 Å². The first-order valence-corrected chi connectivity index (χ1v) is 10.1. The summed E-state index contributed by atoms with van der Waals surface area (Å²) in [5, 5.41) is 8.36. The summed E-state index contributed by atoms with van der Waals surface area (Å²) in [7, 11) is 1.40. The number of halogens is 2. The number of methoxy groups -OCH3 is 1. The first-order chi connectivity index (χ1) is 14.3. The number of imide groups is 1. The summed E-state index contributed by atoms with van der Waals surface area (Å²) in [6.07, 6.45) is 1.53. The lowest BCUT2D eigenvalue weighted by Gasteiger charge is -2.13. The molecular weight excluding hydrogens is 481 g/mol. The van der Waals surface area contributed by atoms with Crippen molar-refractivity contribution in [2.24, 2.45) is 0 Å². The number of carboxylic acid groups (broad SMARTS) is 1. The van der Waals surface area contributed by atoms with Crippen LogP contribution in [0.15, 0.2) is 45.8 Å². The van der Waals surface area contributed by atoms with Gasteiger partial charge in [0.15, 0.2) is 18.1 Å². The van der Waals surface area contributed by atoms with Crippen molar-refractivity contribution in [2.45, 2.75) is 6.54 Å². The Labute approximate surface area is 183 Å². The molecule has 7 nitrogen and oxygen atoms in total. The molecule has 0 aromatic heterocycles. The maximum absolute atomic E-state index is 13.1. The van der Waals surface area contributed by atoms with Crippen molar-refractivity contribution in [1.82, 2.24) is 4.90 Å². The summed E-state index contributed by atoms with van der Waals surface area (Å²) < 4.78 is 24.0. The quantitative estimate of drug-likeness (QED) is 0.572. The second-order valence-electron chi connectivity index (χ2n) is 6.11. The van der Waals surface area contributed by atoms with E-state index in [4.69, 9.17) is 14.6 Å². The minimum absolute atomic E-state index is 0.0390. The third kappa shape index (κ3) is 5.00. The molecule has 1 heterocycles. The molecule has 0 bridgehead atoms. The molecule has 1 aliphatic rings. The third-order valence-corrected chi connectivity index (χ3v) is 5.51. The molecule has 1 aliphatic heterocycles. The first kappa shape index (κ1) is 21.8. The zero-order valence-electron chi connectivity index (χ0n) is 15.6. The smallest absolute Gasteiger partial charge is 0.341 e. The van der Waals surface area contributed by atoms with E-state index in [1.807, 2.05) is 0 Å². The summed E-state index contributed by atoms with van der Waals surface area (Å²) >= 11 is 4.10. The fraction of sp³-hybridized carbons (Fsp3) is 0.150. The van der Waals surface area contributed by atoms with Gasteiger partial charge in [0.2, 0.25) is 0 Å². The molecule has 10 heteroatoms. The monoisotopic (exact) mass is 495 g/mol. The van der Waals surface area contributed by atoms with Crippen molar-refractivity contribution in [3.63, 3.8) is 0 Å². The van der Waals surface area contributed by atoms with Crippen LogP contribution in [0, 0.1) is 5.82 Å². The van der Waals surface area contributed by atoms with E-state index in [0.717, 1.165) is 16.7 Å². The second kappa shape index (κ2) is 9.31. The molecule has 1 N–H and O–H groups in total. The lowest BCUT2D eigenvalue weighted by molar-refractivity contribution is -0.139. The molecule has 0 radical (unpaired) electrons. The van der Waals surface area contributed by atoms with Crippen molar-refractivity contribution < 1.29 is 33.4 Å². The number of carbonyl (C=O) groups excluding carboxylic acids is 2. The van der Waals surface area contributed by atoms with Crippen molar-refractivity contribution in [1.29, 1.82) is 0 Å². The van der Waals surface area contributed by atoms with Gasteiger partial charge in [0.25, 0.3) is 11.1 Å². The first-order valence-electron chi connectivity index (χ1n) is 8.50. The van der Waals surface area contributed by atoms with Gasteiger partial charge in [-0.2, -0.15) is 0 Å². The number of carboxylic acids is 1. The summed E-state index contributed by atoms with van der Waals surface area (Å²) in [6.45, 7) is -0.506.